The van der Waals surface area contributed by atoms with Crippen LogP contribution >= 0.6 is 0 Å². The Balaban J connectivity index is 1.62. The zero-order valence-electron chi connectivity index (χ0n) is 19.8. The van der Waals surface area contributed by atoms with Crippen LogP contribution in [0, 0.1) is 0 Å². The second kappa shape index (κ2) is 11.3. The summed E-state index contributed by atoms with van der Waals surface area (Å²) in [6.07, 6.45) is 4.52. The summed E-state index contributed by atoms with van der Waals surface area (Å²) < 4.78 is 10.6. The second-order valence-corrected chi connectivity index (χ2v) is 8.66. The number of carbonyl (C=O) groups is 2. The summed E-state index contributed by atoms with van der Waals surface area (Å²) in [5.74, 6) is 1.21. The van der Waals surface area contributed by atoms with Gasteiger partial charge in [-0.05, 0) is 44.5 Å². The van der Waals surface area contributed by atoms with Crippen molar-refractivity contribution in [3.05, 3.63) is 18.2 Å². The quantitative estimate of drug-likeness (QED) is 0.696. The van der Waals surface area contributed by atoms with Crippen molar-refractivity contribution in [2.75, 3.05) is 72.9 Å². The maximum absolute atomic E-state index is 13.0. The number of carbonyl (C=O) groups excluding carboxylic acids is 2. The number of urea groups is 2. The highest BCUT2D eigenvalue weighted by Gasteiger charge is 2.34. The van der Waals surface area contributed by atoms with Gasteiger partial charge in [-0.15, -0.1) is 0 Å². The monoisotopic (exact) mass is 447 g/mol. The van der Waals surface area contributed by atoms with E-state index in [1.807, 2.05) is 4.90 Å². The van der Waals surface area contributed by atoms with E-state index in [2.05, 4.69) is 10.2 Å². The molecule has 0 aliphatic carbocycles. The van der Waals surface area contributed by atoms with Crippen LogP contribution in [0.15, 0.2) is 18.2 Å². The average Bonchev–Trinajstić information content (AvgIpc) is 3.29. The molecule has 0 spiro atoms. The van der Waals surface area contributed by atoms with Gasteiger partial charge in [0, 0.05) is 46.3 Å². The lowest BCUT2D eigenvalue weighted by Gasteiger charge is -2.34. The van der Waals surface area contributed by atoms with E-state index >= 15 is 0 Å². The van der Waals surface area contributed by atoms with Crippen LogP contribution in [0.5, 0.6) is 11.5 Å². The Kier molecular flexibility index (Phi) is 8.44. The molecule has 1 aromatic carbocycles. The molecule has 1 atom stereocenters. The van der Waals surface area contributed by atoms with Gasteiger partial charge in [0.25, 0.3) is 0 Å². The van der Waals surface area contributed by atoms with Gasteiger partial charge >= 0.3 is 12.1 Å². The SMILES string of the molecule is COc1ccc(OC)c(NC(=O)N2CC[C@H](N(CCN3CCCCC3)C(=O)N(C)C)C2)c1. The fourth-order valence-corrected chi connectivity index (χ4v) is 4.41. The van der Waals surface area contributed by atoms with E-state index < -0.39 is 0 Å². The highest BCUT2D eigenvalue weighted by atomic mass is 16.5. The van der Waals surface area contributed by atoms with Crippen LogP contribution in [0.3, 0.4) is 0 Å². The standard InChI is InChI=1S/C23H37N5O4/c1-25(2)23(30)28(15-14-26-11-6-5-7-12-26)18-10-13-27(17-18)22(29)24-20-16-19(31-3)8-9-21(20)32-4/h8-9,16,18H,5-7,10-15,17H2,1-4H3,(H,24,29)/t18-/m0/s1. The Morgan fingerprint density at radius 3 is 2.50 bits per heavy atom. The van der Waals surface area contributed by atoms with Crippen molar-refractivity contribution in [1.29, 1.82) is 0 Å². The molecule has 9 nitrogen and oxygen atoms in total. The molecule has 32 heavy (non-hydrogen) atoms. The molecule has 2 fully saturated rings. The van der Waals surface area contributed by atoms with Gasteiger partial charge in [0.2, 0.25) is 0 Å². The maximum atomic E-state index is 13.0. The number of benzene rings is 1. The van der Waals surface area contributed by atoms with Gasteiger partial charge in [-0.3, -0.25) is 0 Å². The topological polar surface area (TPSA) is 77.6 Å². The number of rotatable bonds is 7. The summed E-state index contributed by atoms with van der Waals surface area (Å²) in [6, 6.07) is 5.10. The van der Waals surface area contributed by atoms with Gasteiger partial charge in [-0.25, -0.2) is 9.59 Å². The van der Waals surface area contributed by atoms with E-state index in [4.69, 9.17) is 9.47 Å². The lowest BCUT2D eigenvalue weighted by Crippen LogP contribution is -2.50. The first-order valence-corrected chi connectivity index (χ1v) is 11.4. The second-order valence-electron chi connectivity index (χ2n) is 8.66. The Morgan fingerprint density at radius 2 is 1.84 bits per heavy atom. The number of methoxy groups -OCH3 is 2. The van der Waals surface area contributed by atoms with Crippen LogP contribution in [0.1, 0.15) is 25.7 Å². The summed E-state index contributed by atoms with van der Waals surface area (Å²) in [5.41, 5.74) is 0.562. The molecule has 2 aliphatic heterocycles. The van der Waals surface area contributed by atoms with Crippen molar-refractivity contribution in [3.63, 3.8) is 0 Å². The fourth-order valence-electron chi connectivity index (χ4n) is 4.41. The Labute approximate surface area is 191 Å². The molecule has 2 aliphatic rings. The van der Waals surface area contributed by atoms with Crippen molar-refractivity contribution in [2.24, 2.45) is 0 Å². The summed E-state index contributed by atoms with van der Waals surface area (Å²) in [7, 11) is 6.71. The number of anilines is 1. The van der Waals surface area contributed by atoms with E-state index in [1.54, 1.807) is 56.3 Å². The Hall–Kier alpha value is -2.68. The van der Waals surface area contributed by atoms with Gasteiger partial charge in [0.15, 0.2) is 0 Å². The van der Waals surface area contributed by atoms with Crippen LogP contribution in [0.25, 0.3) is 0 Å². The molecule has 0 radical (unpaired) electrons. The summed E-state index contributed by atoms with van der Waals surface area (Å²) >= 11 is 0. The zero-order valence-corrected chi connectivity index (χ0v) is 19.8. The van der Waals surface area contributed by atoms with E-state index in [-0.39, 0.29) is 18.1 Å². The van der Waals surface area contributed by atoms with Gasteiger partial charge in [0.1, 0.15) is 11.5 Å². The minimum Gasteiger partial charge on any atom is -0.497 e. The number of piperidine rings is 1. The number of ether oxygens (including phenoxy) is 2. The maximum Gasteiger partial charge on any atom is 0.322 e. The zero-order chi connectivity index (χ0) is 23.1. The minimum absolute atomic E-state index is 0.00346. The van der Waals surface area contributed by atoms with Crippen LogP contribution in [0.2, 0.25) is 0 Å². The first-order valence-electron chi connectivity index (χ1n) is 11.4. The first kappa shape index (κ1) is 24.0. The largest absolute Gasteiger partial charge is 0.497 e. The molecule has 0 unspecified atom stereocenters. The van der Waals surface area contributed by atoms with E-state index in [9.17, 15) is 9.59 Å². The molecule has 1 N–H and O–H groups in total. The van der Waals surface area contributed by atoms with E-state index in [1.165, 1.54) is 19.3 Å². The molecular formula is C23H37N5O4. The third-order valence-corrected chi connectivity index (χ3v) is 6.27. The van der Waals surface area contributed by atoms with Gasteiger partial charge in [-0.1, -0.05) is 6.42 Å². The summed E-state index contributed by atoms with van der Waals surface area (Å²) in [5, 5.41) is 2.93. The molecule has 0 bridgehead atoms. The average molecular weight is 448 g/mol. The molecule has 0 aromatic heterocycles. The number of nitrogens with one attached hydrogen (secondary N) is 1. The Bertz CT molecular complexity index is 782. The fraction of sp³-hybridized carbons (Fsp3) is 0.652. The third kappa shape index (κ3) is 5.97. The number of likely N-dealkylation sites (tertiary alicyclic amines) is 2. The lowest BCUT2D eigenvalue weighted by molar-refractivity contribution is 0.132. The smallest absolute Gasteiger partial charge is 0.322 e. The minimum atomic E-state index is -0.202. The third-order valence-electron chi connectivity index (χ3n) is 6.27. The first-order chi connectivity index (χ1) is 15.4. The highest BCUT2D eigenvalue weighted by Crippen LogP contribution is 2.29. The molecule has 0 saturated carbocycles. The molecule has 2 heterocycles. The molecule has 9 heteroatoms. The van der Waals surface area contributed by atoms with Gasteiger partial charge in [-0.2, -0.15) is 0 Å². The van der Waals surface area contributed by atoms with E-state index in [0.717, 1.165) is 26.1 Å². The predicted molar refractivity (Wildman–Crippen MR) is 125 cm³/mol. The van der Waals surface area contributed by atoms with Crippen molar-refractivity contribution in [3.8, 4) is 11.5 Å². The normalized spacial score (nSPS) is 18.9. The van der Waals surface area contributed by atoms with Crippen molar-refractivity contribution in [2.45, 2.75) is 31.7 Å². The molecule has 178 valence electrons. The highest BCUT2D eigenvalue weighted by molar-refractivity contribution is 5.91. The lowest BCUT2D eigenvalue weighted by atomic mass is 10.1. The summed E-state index contributed by atoms with van der Waals surface area (Å²) in [4.78, 5) is 33.6. The molecule has 1 aromatic rings. The van der Waals surface area contributed by atoms with Crippen LogP contribution in [-0.2, 0) is 0 Å². The number of hydrogen-bond acceptors (Lipinski definition) is 5. The number of nitrogens with zero attached hydrogens (tertiary/aromatic N) is 4. The van der Waals surface area contributed by atoms with Crippen molar-refractivity contribution in [1.82, 2.24) is 19.6 Å². The number of hydrogen-bond donors (Lipinski definition) is 1. The number of amides is 4. The molecular weight excluding hydrogens is 410 g/mol. The van der Waals surface area contributed by atoms with Crippen LogP contribution in [-0.4, -0.2) is 105 Å². The molecule has 4 amide bonds. The van der Waals surface area contributed by atoms with Crippen molar-refractivity contribution >= 4 is 17.7 Å². The predicted octanol–water partition coefficient (Wildman–Crippen LogP) is 2.78. The van der Waals surface area contributed by atoms with E-state index in [0.29, 0.717) is 36.8 Å². The van der Waals surface area contributed by atoms with Gasteiger partial charge < -0.3 is 34.4 Å². The van der Waals surface area contributed by atoms with Crippen LogP contribution in [0.4, 0.5) is 15.3 Å². The summed E-state index contributed by atoms with van der Waals surface area (Å²) in [6.45, 7) is 4.88. The van der Waals surface area contributed by atoms with Crippen molar-refractivity contribution < 1.29 is 19.1 Å². The molecule has 2 saturated heterocycles. The van der Waals surface area contributed by atoms with Gasteiger partial charge in [0.05, 0.1) is 25.9 Å². The molecule has 3 rings (SSSR count). The van der Waals surface area contributed by atoms with Crippen LogP contribution < -0.4 is 14.8 Å². The Morgan fingerprint density at radius 1 is 1.09 bits per heavy atom.